The second-order valence-electron chi connectivity index (χ2n) is 6.10. The Morgan fingerprint density at radius 3 is 2.41 bits per heavy atom. The van der Waals surface area contributed by atoms with Crippen LogP contribution in [0.2, 0.25) is 0 Å². The number of benzene rings is 2. The molecule has 0 aliphatic heterocycles. The first-order chi connectivity index (χ1) is 13.0. The van der Waals surface area contributed by atoms with E-state index in [0.29, 0.717) is 10.8 Å². The molecule has 0 radical (unpaired) electrons. The molecule has 0 bridgehead atoms. The number of rotatable bonds is 5. The van der Waals surface area contributed by atoms with Crippen LogP contribution in [0.5, 0.6) is 0 Å². The molecule has 7 nitrogen and oxygen atoms in total. The number of carbonyl (C=O) groups excluding carboxylic acids is 2. The Balaban J connectivity index is 1.70. The van der Waals surface area contributed by atoms with Gasteiger partial charge < -0.3 is 10.1 Å². The maximum atomic E-state index is 12.4. The quantitative estimate of drug-likeness (QED) is 0.698. The number of nitrogens with zero attached hydrogens (tertiary/aromatic N) is 2. The molecule has 138 valence electrons. The molecule has 1 amide bonds. The second-order valence-corrected chi connectivity index (χ2v) is 6.10. The number of nitrogens with one attached hydrogen (secondary N) is 1. The van der Waals surface area contributed by atoms with Crippen molar-refractivity contribution < 1.29 is 14.3 Å². The van der Waals surface area contributed by atoms with Gasteiger partial charge in [0.05, 0.1) is 11.4 Å². The highest BCUT2D eigenvalue weighted by molar-refractivity contribution is 6.02. The number of amides is 1. The summed E-state index contributed by atoms with van der Waals surface area (Å²) >= 11 is 0. The largest absolute Gasteiger partial charge is 0.451 e. The zero-order valence-electron chi connectivity index (χ0n) is 15.0. The molecule has 1 atom stereocenters. The highest BCUT2D eigenvalue weighted by Crippen LogP contribution is 2.14. The summed E-state index contributed by atoms with van der Waals surface area (Å²) in [5.41, 5.74) is 0.635. The lowest BCUT2D eigenvalue weighted by Gasteiger charge is -2.14. The Labute approximate surface area is 155 Å². The van der Waals surface area contributed by atoms with E-state index < -0.39 is 18.5 Å². The average Bonchev–Trinajstić information content (AvgIpc) is 2.69. The van der Waals surface area contributed by atoms with Crippen molar-refractivity contribution in [2.24, 2.45) is 7.05 Å². The Kier molecular flexibility index (Phi) is 5.30. The predicted molar refractivity (Wildman–Crippen MR) is 100 cm³/mol. The smallest absolute Gasteiger partial charge is 0.359 e. The van der Waals surface area contributed by atoms with E-state index in [1.807, 2.05) is 37.3 Å². The van der Waals surface area contributed by atoms with Gasteiger partial charge in [-0.25, -0.2) is 9.48 Å². The first kappa shape index (κ1) is 18.3. The summed E-state index contributed by atoms with van der Waals surface area (Å²) < 4.78 is 6.18. The molecule has 27 heavy (non-hydrogen) atoms. The Hall–Kier alpha value is -3.48. The molecule has 0 aliphatic carbocycles. The third-order valence-corrected chi connectivity index (χ3v) is 4.16. The fraction of sp³-hybridized carbons (Fsp3) is 0.200. The van der Waals surface area contributed by atoms with Gasteiger partial charge >= 0.3 is 5.97 Å². The second kappa shape index (κ2) is 7.82. The molecular formula is C20H19N3O4. The number of fused-ring (bicyclic) bond motifs is 1. The molecule has 7 heteroatoms. The summed E-state index contributed by atoms with van der Waals surface area (Å²) in [6, 6.07) is 15.9. The summed E-state index contributed by atoms with van der Waals surface area (Å²) in [6.45, 7) is 1.41. The standard InChI is InChI=1S/C20H19N3O4/c1-13(14-8-4-3-5-9-14)21-17(24)12-27-20(26)18-15-10-6-7-11-16(15)19(25)23(2)22-18/h3-11,13H,12H2,1-2H3,(H,21,24)/t13-/m0/s1. The predicted octanol–water partition coefficient (Wildman–Crippen LogP) is 1.97. The van der Waals surface area contributed by atoms with Crippen molar-refractivity contribution in [3.63, 3.8) is 0 Å². The van der Waals surface area contributed by atoms with Crippen molar-refractivity contribution in [1.82, 2.24) is 15.1 Å². The lowest BCUT2D eigenvalue weighted by molar-refractivity contribution is -0.124. The normalized spacial score (nSPS) is 11.8. The SMILES string of the molecule is C[C@H](NC(=O)COC(=O)c1nn(C)c(=O)c2ccccc12)c1ccccc1. The van der Waals surface area contributed by atoms with Crippen LogP contribution in [0, 0.1) is 0 Å². The van der Waals surface area contributed by atoms with Crippen LogP contribution in [-0.4, -0.2) is 28.3 Å². The van der Waals surface area contributed by atoms with Crippen molar-refractivity contribution in [3.8, 4) is 0 Å². The zero-order valence-corrected chi connectivity index (χ0v) is 15.0. The van der Waals surface area contributed by atoms with E-state index in [0.717, 1.165) is 10.2 Å². The van der Waals surface area contributed by atoms with E-state index >= 15 is 0 Å². The highest BCUT2D eigenvalue weighted by Gasteiger charge is 2.18. The van der Waals surface area contributed by atoms with Gasteiger partial charge in [-0.15, -0.1) is 0 Å². The van der Waals surface area contributed by atoms with Gasteiger partial charge in [-0.3, -0.25) is 9.59 Å². The van der Waals surface area contributed by atoms with Crippen LogP contribution in [0.4, 0.5) is 0 Å². The maximum Gasteiger partial charge on any atom is 0.359 e. The van der Waals surface area contributed by atoms with Gasteiger partial charge in [0.25, 0.3) is 11.5 Å². The van der Waals surface area contributed by atoms with Crippen LogP contribution in [0.3, 0.4) is 0 Å². The monoisotopic (exact) mass is 365 g/mol. The van der Waals surface area contributed by atoms with E-state index in [-0.39, 0.29) is 17.3 Å². The van der Waals surface area contributed by atoms with Crippen LogP contribution in [0.1, 0.15) is 29.0 Å². The molecule has 1 N–H and O–H groups in total. The van der Waals surface area contributed by atoms with Crippen LogP contribution in [0.25, 0.3) is 10.8 Å². The first-order valence-electron chi connectivity index (χ1n) is 8.45. The number of esters is 1. The molecule has 0 saturated carbocycles. The van der Waals surface area contributed by atoms with Gasteiger partial charge in [-0.05, 0) is 18.6 Å². The van der Waals surface area contributed by atoms with Gasteiger partial charge in [-0.1, -0.05) is 48.5 Å². The third-order valence-electron chi connectivity index (χ3n) is 4.16. The number of aromatic nitrogens is 2. The minimum atomic E-state index is -0.760. The van der Waals surface area contributed by atoms with E-state index in [1.54, 1.807) is 24.3 Å². The third kappa shape index (κ3) is 4.03. The van der Waals surface area contributed by atoms with Crippen LogP contribution in [0.15, 0.2) is 59.4 Å². The summed E-state index contributed by atoms with van der Waals surface area (Å²) in [5, 5.41) is 7.51. The molecular weight excluding hydrogens is 346 g/mol. The van der Waals surface area contributed by atoms with Gasteiger partial charge in [-0.2, -0.15) is 5.10 Å². The topological polar surface area (TPSA) is 90.3 Å². The number of hydrogen-bond acceptors (Lipinski definition) is 5. The molecule has 0 fully saturated rings. The molecule has 2 aromatic carbocycles. The summed E-state index contributed by atoms with van der Waals surface area (Å²) in [6.07, 6.45) is 0. The number of ether oxygens (including phenoxy) is 1. The van der Waals surface area contributed by atoms with Gasteiger partial charge in [0.2, 0.25) is 0 Å². The van der Waals surface area contributed by atoms with E-state index in [1.165, 1.54) is 7.05 Å². The van der Waals surface area contributed by atoms with Crippen molar-refractivity contribution in [3.05, 3.63) is 76.2 Å². The summed E-state index contributed by atoms with van der Waals surface area (Å²) in [7, 11) is 1.46. The van der Waals surface area contributed by atoms with Crippen molar-refractivity contribution in [1.29, 1.82) is 0 Å². The van der Waals surface area contributed by atoms with E-state index in [2.05, 4.69) is 10.4 Å². The molecule has 3 aromatic rings. The number of aryl methyl sites for hydroxylation is 1. The van der Waals surface area contributed by atoms with Crippen LogP contribution < -0.4 is 10.9 Å². The maximum absolute atomic E-state index is 12.4. The number of hydrogen-bond donors (Lipinski definition) is 1. The summed E-state index contributed by atoms with van der Waals surface area (Å²) in [4.78, 5) is 36.6. The molecule has 0 spiro atoms. The Morgan fingerprint density at radius 2 is 1.70 bits per heavy atom. The minimum Gasteiger partial charge on any atom is -0.451 e. The molecule has 0 aliphatic rings. The molecule has 3 rings (SSSR count). The first-order valence-corrected chi connectivity index (χ1v) is 8.45. The Bertz CT molecular complexity index is 1040. The number of carbonyl (C=O) groups is 2. The molecule has 0 saturated heterocycles. The lowest BCUT2D eigenvalue weighted by atomic mass is 10.1. The fourth-order valence-corrected chi connectivity index (χ4v) is 2.76. The van der Waals surface area contributed by atoms with Crippen molar-refractivity contribution >= 4 is 22.6 Å². The van der Waals surface area contributed by atoms with Gasteiger partial charge in [0.15, 0.2) is 12.3 Å². The van der Waals surface area contributed by atoms with Crippen LogP contribution >= 0.6 is 0 Å². The summed E-state index contributed by atoms with van der Waals surface area (Å²) in [5.74, 6) is -1.18. The fourth-order valence-electron chi connectivity index (χ4n) is 2.76. The molecule has 0 unspecified atom stereocenters. The Morgan fingerprint density at radius 1 is 1.07 bits per heavy atom. The van der Waals surface area contributed by atoms with Gasteiger partial charge in [0, 0.05) is 12.4 Å². The zero-order chi connectivity index (χ0) is 19.4. The van der Waals surface area contributed by atoms with Crippen LogP contribution in [-0.2, 0) is 16.6 Å². The van der Waals surface area contributed by atoms with E-state index in [9.17, 15) is 14.4 Å². The molecule has 1 aromatic heterocycles. The van der Waals surface area contributed by atoms with Crippen molar-refractivity contribution in [2.75, 3.05) is 6.61 Å². The van der Waals surface area contributed by atoms with E-state index in [4.69, 9.17) is 4.74 Å². The highest BCUT2D eigenvalue weighted by atomic mass is 16.5. The molecule has 1 heterocycles. The van der Waals surface area contributed by atoms with Gasteiger partial charge in [0.1, 0.15) is 0 Å². The minimum absolute atomic E-state index is 0.00314. The average molecular weight is 365 g/mol. The lowest BCUT2D eigenvalue weighted by Crippen LogP contribution is -2.31. The van der Waals surface area contributed by atoms with Crippen molar-refractivity contribution in [2.45, 2.75) is 13.0 Å².